The van der Waals surface area contributed by atoms with Crippen LogP contribution in [0.5, 0.6) is 5.75 Å². The van der Waals surface area contributed by atoms with Gasteiger partial charge in [-0.3, -0.25) is 5.32 Å². The number of ether oxygens (including phenoxy) is 1. The first-order valence-corrected chi connectivity index (χ1v) is 5.94. The monoisotopic (exact) mass is 309 g/mol. The van der Waals surface area contributed by atoms with Crippen LogP contribution in [0, 0.1) is 5.82 Å². The van der Waals surface area contributed by atoms with E-state index in [0.29, 0.717) is 10.2 Å². The van der Waals surface area contributed by atoms with E-state index in [1.165, 1.54) is 12.1 Å². The molecule has 5 heteroatoms. The number of carbonyl (C=O) groups excluding carboxylic acids is 1. The number of hydrogen-bond donors (Lipinski definition) is 1. The second-order valence-corrected chi connectivity index (χ2v) is 4.28. The molecule has 0 aromatic heterocycles. The molecule has 0 bridgehead atoms. The highest BCUT2D eigenvalue weighted by Gasteiger charge is 2.11. The van der Waals surface area contributed by atoms with Crippen LogP contribution in [-0.2, 0) is 0 Å². The fourth-order valence-electron chi connectivity index (χ4n) is 1.34. The minimum Gasteiger partial charge on any atom is -0.410 e. The minimum atomic E-state index is -0.744. The molecule has 0 radical (unpaired) electrons. The molecule has 0 saturated heterocycles. The van der Waals surface area contributed by atoms with Gasteiger partial charge in [0, 0.05) is 4.47 Å². The maximum absolute atomic E-state index is 13.4. The Kier molecular flexibility index (Phi) is 3.94. The molecule has 0 spiro atoms. The third-order valence-electron chi connectivity index (χ3n) is 2.14. The third-order valence-corrected chi connectivity index (χ3v) is 2.80. The molecule has 0 aliphatic heterocycles. The van der Waals surface area contributed by atoms with Crippen molar-refractivity contribution in [3.63, 3.8) is 0 Å². The van der Waals surface area contributed by atoms with Crippen LogP contribution in [0.25, 0.3) is 0 Å². The van der Waals surface area contributed by atoms with Crippen LogP contribution in [0.3, 0.4) is 0 Å². The summed E-state index contributed by atoms with van der Waals surface area (Å²) in [5.74, 6) is -0.142. The largest absolute Gasteiger partial charge is 0.417 e. The molecule has 0 saturated carbocycles. The van der Waals surface area contributed by atoms with Gasteiger partial charge < -0.3 is 4.74 Å². The van der Waals surface area contributed by atoms with Gasteiger partial charge in [-0.05, 0) is 40.2 Å². The van der Waals surface area contributed by atoms with E-state index in [1.54, 1.807) is 36.4 Å². The van der Waals surface area contributed by atoms with Gasteiger partial charge in [0.25, 0.3) is 0 Å². The molecule has 2 aromatic rings. The van der Waals surface area contributed by atoms with Gasteiger partial charge in [-0.25, -0.2) is 9.18 Å². The average molecular weight is 310 g/mol. The Balaban J connectivity index is 2.08. The predicted molar refractivity (Wildman–Crippen MR) is 70.2 cm³/mol. The second kappa shape index (κ2) is 5.64. The fourth-order valence-corrected chi connectivity index (χ4v) is 1.78. The topological polar surface area (TPSA) is 38.3 Å². The second-order valence-electron chi connectivity index (χ2n) is 3.42. The van der Waals surface area contributed by atoms with Crippen LogP contribution in [-0.4, -0.2) is 6.09 Å². The van der Waals surface area contributed by atoms with Gasteiger partial charge in [0.2, 0.25) is 0 Å². The Morgan fingerprint density at radius 1 is 1.11 bits per heavy atom. The highest BCUT2D eigenvalue weighted by atomic mass is 79.9. The number of nitrogens with one attached hydrogen (secondary N) is 1. The van der Waals surface area contributed by atoms with E-state index >= 15 is 0 Å². The average Bonchev–Trinajstić information content (AvgIpc) is 2.35. The molecule has 2 rings (SSSR count). The lowest BCUT2D eigenvalue weighted by Gasteiger charge is -2.08. The van der Waals surface area contributed by atoms with E-state index in [0.717, 1.165) is 0 Å². The van der Waals surface area contributed by atoms with Crippen molar-refractivity contribution in [2.75, 3.05) is 5.32 Å². The molecule has 3 nitrogen and oxygen atoms in total. The number of halogens is 2. The molecule has 0 aliphatic rings. The van der Waals surface area contributed by atoms with Gasteiger partial charge in [-0.2, -0.15) is 0 Å². The van der Waals surface area contributed by atoms with Gasteiger partial charge in [-0.1, -0.05) is 24.3 Å². The minimum absolute atomic E-state index is 0.0541. The summed E-state index contributed by atoms with van der Waals surface area (Å²) in [6.07, 6.45) is -0.744. The Morgan fingerprint density at radius 3 is 2.50 bits per heavy atom. The lowest BCUT2D eigenvalue weighted by molar-refractivity contribution is 0.215. The number of benzene rings is 2. The molecule has 0 atom stereocenters. The Labute approximate surface area is 112 Å². The molecule has 0 unspecified atom stereocenters. The zero-order chi connectivity index (χ0) is 13.0. The standard InChI is InChI=1S/C13H9BrFNO2/c14-10-7-4-8-11(15)12(10)16-13(17)18-9-5-2-1-3-6-9/h1-8H,(H,16,17). The summed E-state index contributed by atoms with van der Waals surface area (Å²) in [6, 6.07) is 13.0. The number of carbonyl (C=O) groups is 1. The first kappa shape index (κ1) is 12.6. The van der Waals surface area contributed by atoms with Gasteiger partial charge >= 0.3 is 6.09 Å². The van der Waals surface area contributed by atoms with Crippen molar-refractivity contribution in [2.45, 2.75) is 0 Å². The fraction of sp³-hybridized carbons (Fsp3) is 0. The highest BCUT2D eigenvalue weighted by Crippen LogP contribution is 2.25. The van der Waals surface area contributed by atoms with Crippen LogP contribution < -0.4 is 10.1 Å². The smallest absolute Gasteiger partial charge is 0.410 e. The first-order chi connectivity index (χ1) is 8.66. The number of hydrogen-bond acceptors (Lipinski definition) is 2. The number of amides is 1. The number of para-hydroxylation sites is 2. The van der Waals surface area contributed by atoms with Gasteiger partial charge in [0.1, 0.15) is 11.6 Å². The molecule has 1 amide bonds. The normalized spacial score (nSPS) is 9.89. The van der Waals surface area contributed by atoms with Crippen LogP contribution in [0.4, 0.5) is 14.9 Å². The van der Waals surface area contributed by atoms with Gasteiger partial charge in [0.05, 0.1) is 5.69 Å². The van der Waals surface area contributed by atoms with Crippen molar-refractivity contribution in [2.24, 2.45) is 0 Å². The zero-order valence-electron chi connectivity index (χ0n) is 9.19. The predicted octanol–water partition coefficient (Wildman–Crippen LogP) is 4.20. The van der Waals surface area contributed by atoms with Crippen molar-refractivity contribution in [3.8, 4) is 5.75 Å². The molecular formula is C13H9BrFNO2. The summed E-state index contributed by atoms with van der Waals surface area (Å²) >= 11 is 3.15. The van der Waals surface area contributed by atoms with Crippen molar-refractivity contribution >= 4 is 27.7 Å². The Hall–Kier alpha value is -1.88. The summed E-state index contributed by atoms with van der Waals surface area (Å²) in [7, 11) is 0. The summed E-state index contributed by atoms with van der Waals surface area (Å²) < 4.78 is 18.9. The Morgan fingerprint density at radius 2 is 1.83 bits per heavy atom. The molecule has 18 heavy (non-hydrogen) atoms. The van der Waals surface area contributed by atoms with E-state index in [1.807, 2.05) is 0 Å². The molecule has 0 heterocycles. The summed E-state index contributed by atoms with van der Waals surface area (Å²) in [5, 5.41) is 2.34. The number of anilines is 1. The molecule has 0 aliphatic carbocycles. The van der Waals surface area contributed by atoms with E-state index in [9.17, 15) is 9.18 Å². The molecule has 1 N–H and O–H groups in total. The summed E-state index contributed by atoms with van der Waals surface area (Å²) in [4.78, 5) is 11.6. The molecule has 2 aromatic carbocycles. The van der Waals surface area contributed by atoms with Crippen molar-refractivity contribution in [3.05, 3.63) is 58.8 Å². The molecule has 92 valence electrons. The lowest BCUT2D eigenvalue weighted by atomic mass is 10.3. The van der Waals surface area contributed by atoms with Crippen LogP contribution in [0.1, 0.15) is 0 Å². The van der Waals surface area contributed by atoms with Crippen LogP contribution >= 0.6 is 15.9 Å². The molecular weight excluding hydrogens is 301 g/mol. The molecule has 0 fully saturated rings. The van der Waals surface area contributed by atoms with Gasteiger partial charge in [0.15, 0.2) is 0 Å². The Bertz CT molecular complexity index is 540. The summed E-state index contributed by atoms with van der Waals surface area (Å²) in [5.41, 5.74) is 0.0541. The lowest BCUT2D eigenvalue weighted by Crippen LogP contribution is -2.17. The van der Waals surface area contributed by atoms with Crippen molar-refractivity contribution in [1.82, 2.24) is 0 Å². The van der Waals surface area contributed by atoms with Crippen molar-refractivity contribution in [1.29, 1.82) is 0 Å². The number of rotatable bonds is 2. The van der Waals surface area contributed by atoms with Crippen LogP contribution in [0.2, 0.25) is 0 Å². The van der Waals surface area contributed by atoms with Gasteiger partial charge in [-0.15, -0.1) is 0 Å². The quantitative estimate of drug-likeness (QED) is 0.903. The third kappa shape index (κ3) is 3.07. The zero-order valence-corrected chi connectivity index (χ0v) is 10.8. The first-order valence-electron chi connectivity index (χ1n) is 5.15. The van der Waals surface area contributed by atoms with E-state index in [2.05, 4.69) is 21.2 Å². The highest BCUT2D eigenvalue weighted by molar-refractivity contribution is 9.10. The van der Waals surface area contributed by atoms with Crippen LogP contribution in [0.15, 0.2) is 53.0 Å². The van der Waals surface area contributed by atoms with Crippen molar-refractivity contribution < 1.29 is 13.9 Å². The van der Waals surface area contributed by atoms with E-state index in [-0.39, 0.29) is 5.69 Å². The maximum Gasteiger partial charge on any atom is 0.417 e. The maximum atomic E-state index is 13.4. The summed E-state index contributed by atoms with van der Waals surface area (Å²) in [6.45, 7) is 0. The van der Waals surface area contributed by atoms with E-state index < -0.39 is 11.9 Å². The van der Waals surface area contributed by atoms with E-state index in [4.69, 9.17) is 4.74 Å². The SMILES string of the molecule is O=C(Nc1c(F)cccc1Br)Oc1ccccc1.